The Balaban J connectivity index is 1.72. The van der Waals surface area contributed by atoms with Crippen molar-refractivity contribution in [2.75, 3.05) is 24.1 Å². The van der Waals surface area contributed by atoms with E-state index in [4.69, 9.17) is 16.3 Å². The summed E-state index contributed by atoms with van der Waals surface area (Å²) in [6.45, 7) is 1.97. The third-order valence-corrected chi connectivity index (χ3v) is 9.34. The molecule has 4 rings (SSSR count). The molecule has 1 heterocycles. The van der Waals surface area contributed by atoms with Gasteiger partial charge in [-0.05, 0) is 61.9 Å². The fraction of sp³-hybridized carbons (Fsp3) is 0.500. The minimum Gasteiger partial charge on any atom is -0.396 e. The van der Waals surface area contributed by atoms with E-state index in [2.05, 4.69) is 0 Å². The van der Waals surface area contributed by atoms with Crippen molar-refractivity contribution in [3.8, 4) is 0 Å². The van der Waals surface area contributed by atoms with Crippen molar-refractivity contribution in [2.45, 2.75) is 62.5 Å². The van der Waals surface area contributed by atoms with E-state index in [-0.39, 0.29) is 31.4 Å². The number of anilines is 1. The van der Waals surface area contributed by atoms with E-state index in [9.17, 15) is 22.7 Å². The molecule has 0 spiro atoms. The first-order valence-corrected chi connectivity index (χ1v) is 14.2. The highest BCUT2D eigenvalue weighted by molar-refractivity contribution is 7.93. The molecule has 2 aliphatic rings. The van der Waals surface area contributed by atoms with Crippen molar-refractivity contribution < 1.29 is 27.4 Å². The Bertz CT molecular complexity index is 1160. The number of nitrogens with zero attached hydrogens (tertiary/aromatic N) is 2. The molecule has 3 atom stereocenters. The summed E-state index contributed by atoms with van der Waals surface area (Å²) in [7, 11) is -3.81. The lowest BCUT2D eigenvalue weighted by molar-refractivity contribution is -0.164. The number of benzene rings is 2. The third kappa shape index (κ3) is 5.69. The van der Waals surface area contributed by atoms with Gasteiger partial charge in [0, 0.05) is 11.6 Å². The van der Waals surface area contributed by atoms with E-state index in [1.54, 1.807) is 23.1 Å². The predicted molar refractivity (Wildman–Crippen MR) is 137 cm³/mol. The molecule has 7 nitrogen and oxygen atoms in total. The van der Waals surface area contributed by atoms with E-state index in [1.165, 1.54) is 18.2 Å². The number of aliphatic hydroxyl groups excluding tert-OH is 1. The average molecular weight is 539 g/mol. The quantitative estimate of drug-likeness (QED) is 0.461. The van der Waals surface area contributed by atoms with Crippen LogP contribution in [0.2, 0.25) is 5.02 Å². The van der Waals surface area contributed by atoms with Crippen LogP contribution in [-0.2, 0) is 19.6 Å². The molecule has 0 radical (unpaired) electrons. The van der Waals surface area contributed by atoms with Crippen molar-refractivity contribution in [1.29, 1.82) is 0 Å². The maximum Gasteiger partial charge on any atom is 0.252 e. The summed E-state index contributed by atoms with van der Waals surface area (Å²) in [5.41, 5.74) is 0.803. The molecule has 1 saturated heterocycles. The first kappa shape index (κ1) is 26.9. The second kappa shape index (κ2) is 11.5. The van der Waals surface area contributed by atoms with E-state index in [0.29, 0.717) is 37.1 Å². The number of para-hydroxylation sites is 1. The SMILES string of the molecule is CCC(CN(c1ccccc1F)S(=O)(=O)C1CC1)N1C(=O)C(CCCO)OCC1c1ccc(Cl)cc1. The smallest absolute Gasteiger partial charge is 0.252 e. The molecule has 0 aromatic heterocycles. The number of carbonyl (C=O) groups is 1. The molecule has 2 aromatic rings. The lowest BCUT2D eigenvalue weighted by Gasteiger charge is -2.45. The van der Waals surface area contributed by atoms with Crippen LogP contribution in [0.1, 0.15) is 50.6 Å². The Morgan fingerprint density at radius 2 is 1.89 bits per heavy atom. The zero-order valence-corrected chi connectivity index (χ0v) is 21.8. The van der Waals surface area contributed by atoms with Gasteiger partial charge in [-0.2, -0.15) is 0 Å². The molecular formula is C26H32ClFN2O5S. The van der Waals surface area contributed by atoms with Gasteiger partial charge in [0.15, 0.2) is 0 Å². The molecule has 1 aliphatic carbocycles. The van der Waals surface area contributed by atoms with Gasteiger partial charge in [0.2, 0.25) is 10.0 Å². The Morgan fingerprint density at radius 1 is 1.19 bits per heavy atom. The summed E-state index contributed by atoms with van der Waals surface area (Å²) in [6.07, 6.45) is 1.55. The summed E-state index contributed by atoms with van der Waals surface area (Å²) in [5, 5.41) is 9.29. The first-order chi connectivity index (χ1) is 17.3. The summed E-state index contributed by atoms with van der Waals surface area (Å²) < 4.78 is 48.8. The fourth-order valence-electron chi connectivity index (χ4n) is 4.68. The van der Waals surface area contributed by atoms with Crippen LogP contribution in [0, 0.1) is 5.82 Å². The van der Waals surface area contributed by atoms with Crippen LogP contribution in [0.5, 0.6) is 0 Å². The van der Waals surface area contributed by atoms with Crippen LogP contribution in [0.25, 0.3) is 0 Å². The number of sulfonamides is 1. The van der Waals surface area contributed by atoms with Crippen LogP contribution in [0.3, 0.4) is 0 Å². The first-order valence-electron chi connectivity index (χ1n) is 12.3. The number of rotatable bonds is 11. The Labute approximate surface area is 216 Å². The van der Waals surface area contributed by atoms with Crippen LogP contribution in [0.15, 0.2) is 48.5 Å². The van der Waals surface area contributed by atoms with Gasteiger partial charge in [-0.3, -0.25) is 9.10 Å². The lowest BCUT2D eigenvalue weighted by atomic mass is 9.98. The zero-order chi connectivity index (χ0) is 25.9. The number of hydrogen-bond acceptors (Lipinski definition) is 5. The summed E-state index contributed by atoms with van der Waals surface area (Å²) in [4.78, 5) is 15.4. The van der Waals surface area contributed by atoms with Gasteiger partial charge in [0.05, 0.1) is 36.2 Å². The minimum atomic E-state index is -3.81. The van der Waals surface area contributed by atoms with E-state index in [0.717, 1.165) is 9.87 Å². The summed E-state index contributed by atoms with van der Waals surface area (Å²) in [6, 6.07) is 12.0. The van der Waals surface area contributed by atoms with E-state index in [1.807, 2.05) is 19.1 Å². The van der Waals surface area contributed by atoms with Gasteiger partial charge < -0.3 is 14.7 Å². The molecule has 10 heteroatoms. The van der Waals surface area contributed by atoms with Crippen molar-refractivity contribution in [3.63, 3.8) is 0 Å². The molecule has 1 N–H and O–H groups in total. The maximum absolute atomic E-state index is 14.9. The van der Waals surface area contributed by atoms with Gasteiger partial charge in [-0.15, -0.1) is 0 Å². The fourth-order valence-corrected chi connectivity index (χ4v) is 6.70. The van der Waals surface area contributed by atoms with Crippen molar-refractivity contribution in [2.24, 2.45) is 0 Å². The van der Waals surface area contributed by atoms with E-state index < -0.39 is 39.3 Å². The van der Waals surface area contributed by atoms with Gasteiger partial charge in [-0.25, -0.2) is 12.8 Å². The molecule has 2 aromatic carbocycles. The predicted octanol–water partition coefficient (Wildman–Crippen LogP) is 4.30. The number of amides is 1. The van der Waals surface area contributed by atoms with Crippen molar-refractivity contribution in [1.82, 2.24) is 4.90 Å². The largest absolute Gasteiger partial charge is 0.396 e. The van der Waals surface area contributed by atoms with Gasteiger partial charge >= 0.3 is 0 Å². The summed E-state index contributed by atoms with van der Waals surface area (Å²) >= 11 is 6.08. The van der Waals surface area contributed by atoms with Crippen molar-refractivity contribution in [3.05, 3.63) is 64.9 Å². The van der Waals surface area contributed by atoms with Gasteiger partial charge in [-0.1, -0.05) is 42.8 Å². The monoisotopic (exact) mass is 538 g/mol. The normalized spacial score (nSPS) is 21.4. The Kier molecular flexibility index (Phi) is 8.55. The van der Waals surface area contributed by atoms with Gasteiger partial charge in [0.25, 0.3) is 5.91 Å². The van der Waals surface area contributed by atoms with Crippen LogP contribution < -0.4 is 4.31 Å². The number of carbonyl (C=O) groups excluding carboxylic acids is 1. The standard InChI is InChI=1S/C26H32ClFN2O5S/c1-2-20(16-29(36(33,34)21-13-14-21)23-7-4-3-6-22(23)28)30-24(18-9-11-19(27)12-10-18)17-35-25(26(30)32)8-5-15-31/h3-4,6-7,9-12,20-21,24-25,31H,2,5,8,13-17H2,1H3. The second-order valence-corrected chi connectivity index (χ2v) is 11.9. The van der Waals surface area contributed by atoms with Gasteiger partial charge in [0.1, 0.15) is 11.9 Å². The molecule has 1 amide bonds. The maximum atomic E-state index is 14.9. The van der Waals surface area contributed by atoms with Crippen molar-refractivity contribution >= 4 is 33.2 Å². The number of ether oxygens (including phenoxy) is 1. The minimum absolute atomic E-state index is 0.0107. The number of aliphatic hydroxyl groups is 1. The number of hydrogen-bond donors (Lipinski definition) is 1. The molecule has 0 bridgehead atoms. The highest BCUT2D eigenvalue weighted by atomic mass is 35.5. The molecular weight excluding hydrogens is 507 g/mol. The highest BCUT2D eigenvalue weighted by Gasteiger charge is 2.45. The molecule has 36 heavy (non-hydrogen) atoms. The van der Waals surface area contributed by atoms with E-state index >= 15 is 0 Å². The molecule has 2 fully saturated rings. The average Bonchev–Trinajstić information content (AvgIpc) is 3.72. The molecule has 196 valence electrons. The zero-order valence-electron chi connectivity index (χ0n) is 20.2. The third-order valence-electron chi connectivity index (χ3n) is 6.82. The Hall–Kier alpha value is -2.20. The number of morpholine rings is 1. The lowest BCUT2D eigenvalue weighted by Crippen LogP contribution is -2.57. The van der Waals surface area contributed by atoms with Crippen LogP contribution in [-0.4, -0.2) is 61.5 Å². The Morgan fingerprint density at radius 3 is 2.50 bits per heavy atom. The molecule has 1 aliphatic heterocycles. The molecule has 1 saturated carbocycles. The van der Waals surface area contributed by atoms with Crippen LogP contribution >= 0.6 is 11.6 Å². The topological polar surface area (TPSA) is 87.2 Å². The summed E-state index contributed by atoms with van der Waals surface area (Å²) in [5.74, 6) is -0.890. The van der Waals surface area contributed by atoms with Crippen LogP contribution in [0.4, 0.5) is 10.1 Å². The highest BCUT2D eigenvalue weighted by Crippen LogP contribution is 2.37. The molecule has 3 unspecified atom stereocenters. The number of halogens is 2. The second-order valence-electron chi connectivity index (χ2n) is 9.29.